The average Bonchev–Trinajstić information content (AvgIpc) is 3.18. The molecule has 1 aliphatic heterocycles. The molecule has 1 aromatic rings. The summed E-state index contributed by atoms with van der Waals surface area (Å²) in [6, 6.07) is 2.73. The van der Waals surface area contributed by atoms with E-state index < -0.39 is 42.0 Å². The van der Waals surface area contributed by atoms with E-state index in [0.717, 1.165) is 35.9 Å². The fourth-order valence-electron chi connectivity index (χ4n) is 3.26. The highest BCUT2D eigenvalue weighted by Gasteiger charge is 2.48. The lowest BCUT2D eigenvalue weighted by Crippen LogP contribution is -2.41. The first-order chi connectivity index (χ1) is 12.7. The summed E-state index contributed by atoms with van der Waals surface area (Å²) in [4.78, 5) is 50.0. The second kappa shape index (κ2) is 7.01. The largest absolute Gasteiger partial charge is 0.416 e. The summed E-state index contributed by atoms with van der Waals surface area (Å²) in [5.74, 6) is -2.96. The number of anilines is 1. The molecule has 1 aromatic carbocycles. The van der Waals surface area contributed by atoms with E-state index in [-0.39, 0.29) is 11.7 Å². The van der Waals surface area contributed by atoms with Gasteiger partial charge < -0.3 is 5.32 Å². The van der Waals surface area contributed by atoms with Crippen molar-refractivity contribution in [1.29, 1.82) is 0 Å². The molecule has 5 amide bonds. The van der Waals surface area contributed by atoms with E-state index in [2.05, 4.69) is 5.32 Å². The number of hydrogen-bond acceptors (Lipinski definition) is 4. The molecule has 27 heavy (non-hydrogen) atoms. The van der Waals surface area contributed by atoms with E-state index >= 15 is 0 Å². The van der Waals surface area contributed by atoms with Gasteiger partial charge in [0.2, 0.25) is 5.91 Å². The molecular weight excluding hydrogens is 367 g/mol. The zero-order valence-corrected chi connectivity index (χ0v) is 14.1. The van der Waals surface area contributed by atoms with Gasteiger partial charge in [-0.2, -0.15) is 13.2 Å². The van der Waals surface area contributed by atoms with Gasteiger partial charge in [0, 0.05) is 11.7 Å². The Morgan fingerprint density at radius 2 is 1.78 bits per heavy atom. The Balaban J connectivity index is 1.68. The summed E-state index contributed by atoms with van der Waals surface area (Å²) in [6.07, 6.45) is -1.68. The van der Waals surface area contributed by atoms with Crippen molar-refractivity contribution >= 4 is 29.4 Å². The monoisotopic (exact) mass is 383 g/mol. The van der Waals surface area contributed by atoms with E-state index in [1.165, 1.54) is 6.07 Å². The lowest BCUT2D eigenvalue weighted by molar-refractivity contribution is -0.144. The Hall–Kier alpha value is -2.91. The first-order valence-electron chi connectivity index (χ1n) is 8.34. The van der Waals surface area contributed by atoms with Crippen molar-refractivity contribution < 1.29 is 32.3 Å². The van der Waals surface area contributed by atoms with E-state index in [1.54, 1.807) is 0 Å². The topological polar surface area (TPSA) is 86.8 Å². The van der Waals surface area contributed by atoms with Gasteiger partial charge >= 0.3 is 24.0 Å². The average molecular weight is 383 g/mol. The first kappa shape index (κ1) is 18.9. The molecule has 3 rings (SSSR count). The summed E-state index contributed by atoms with van der Waals surface area (Å²) in [5, 5.41) is 2.21. The number of imide groups is 2. The SMILES string of the molecule is O=C(CN1C(=O)C(=O)N(C2CCCC2)C1=O)Nc1cccc(C(F)(F)F)c1. The zero-order valence-electron chi connectivity index (χ0n) is 14.1. The summed E-state index contributed by atoms with van der Waals surface area (Å²) in [7, 11) is 0. The van der Waals surface area contributed by atoms with Gasteiger partial charge in [0.05, 0.1) is 5.56 Å². The minimum absolute atomic E-state index is 0.132. The summed E-state index contributed by atoms with van der Waals surface area (Å²) in [5.41, 5.74) is -1.08. The molecule has 1 saturated heterocycles. The fraction of sp³-hybridized carbons (Fsp3) is 0.412. The number of alkyl halides is 3. The smallest absolute Gasteiger partial charge is 0.325 e. The number of carbonyl (C=O) groups is 4. The van der Waals surface area contributed by atoms with Crippen LogP contribution in [0.4, 0.5) is 23.7 Å². The van der Waals surface area contributed by atoms with Crippen LogP contribution in [0.15, 0.2) is 24.3 Å². The van der Waals surface area contributed by atoms with Crippen LogP contribution in [0, 0.1) is 0 Å². The zero-order chi connectivity index (χ0) is 19.8. The fourth-order valence-corrected chi connectivity index (χ4v) is 3.26. The van der Waals surface area contributed by atoms with Crippen LogP contribution in [0.5, 0.6) is 0 Å². The Bertz CT molecular complexity index is 803. The molecule has 0 spiro atoms. The number of nitrogens with zero attached hydrogens (tertiary/aromatic N) is 2. The molecule has 0 atom stereocenters. The summed E-state index contributed by atoms with van der Waals surface area (Å²) >= 11 is 0. The van der Waals surface area contributed by atoms with E-state index in [9.17, 15) is 32.3 Å². The molecular formula is C17H16F3N3O4. The molecule has 0 radical (unpaired) electrons. The quantitative estimate of drug-likeness (QED) is 0.639. The van der Waals surface area contributed by atoms with Crippen molar-refractivity contribution in [3.63, 3.8) is 0 Å². The highest BCUT2D eigenvalue weighted by atomic mass is 19.4. The predicted molar refractivity (Wildman–Crippen MR) is 86.3 cm³/mol. The third kappa shape index (κ3) is 3.79. The third-order valence-corrected chi connectivity index (χ3v) is 4.55. The van der Waals surface area contributed by atoms with Crippen molar-refractivity contribution in [3.8, 4) is 0 Å². The van der Waals surface area contributed by atoms with Crippen molar-refractivity contribution in [2.75, 3.05) is 11.9 Å². The maximum atomic E-state index is 12.7. The molecule has 1 N–H and O–H groups in total. The van der Waals surface area contributed by atoms with Crippen LogP contribution in [0.3, 0.4) is 0 Å². The number of hydrogen-bond donors (Lipinski definition) is 1. The Morgan fingerprint density at radius 1 is 1.11 bits per heavy atom. The summed E-state index contributed by atoms with van der Waals surface area (Å²) in [6.45, 7) is -0.747. The lowest BCUT2D eigenvalue weighted by atomic mass is 10.2. The first-order valence-corrected chi connectivity index (χ1v) is 8.34. The number of amides is 5. The van der Waals surface area contributed by atoms with Crippen molar-refractivity contribution in [2.24, 2.45) is 0 Å². The molecule has 144 valence electrons. The minimum atomic E-state index is -4.57. The van der Waals surface area contributed by atoms with Gasteiger partial charge in [0.1, 0.15) is 6.54 Å². The van der Waals surface area contributed by atoms with Gasteiger partial charge in [-0.3, -0.25) is 19.3 Å². The predicted octanol–water partition coefficient (Wildman–Crippen LogP) is 2.38. The summed E-state index contributed by atoms with van der Waals surface area (Å²) < 4.78 is 38.1. The van der Waals surface area contributed by atoms with Crippen LogP contribution in [0.1, 0.15) is 31.2 Å². The van der Waals surface area contributed by atoms with Crippen LogP contribution < -0.4 is 5.32 Å². The van der Waals surface area contributed by atoms with Gasteiger partial charge in [-0.1, -0.05) is 18.9 Å². The lowest BCUT2D eigenvalue weighted by Gasteiger charge is -2.20. The van der Waals surface area contributed by atoms with Crippen LogP contribution in [-0.4, -0.2) is 46.1 Å². The number of halogens is 3. The van der Waals surface area contributed by atoms with Crippen molar-refractivity contribution in [1.82, 2.24) is 9.80 Å². The Kier molecular flexibility index (Phi) is 4.90. The number of urea groups is 1. The molecule has 2 fully saturated rings. The normalized spacial score (nSPS) is 18.6. The van der Waals surface area contributed by atoms with Crippen LogP contribution in [0.25, 0.3) is 0 Å². The van der Waals surface area contributed by atoms with Gasteiger partial charge in [-0.05, 0) is 31.0 Å². The van der Waals surface area contributed by atoms with Crippen LogP contribution >= 0.6 is 0 Å². The van der Waals surface area contributed by atoms with Gasteiger partial charge in [-0.25, -0.2) is 9.69 Å². The van der Waals surface area contributed by atoms with Crippen LogP contribution in [-0.2, 0) is 20.6 Å². The highest BCUT2D eigenvalue weighted by molar-refractivity contribution is 6.45. The standard InChI is InChI=1S/C17H16F3N3O4/c18-17(19,20)10-4-3-5-11(8-10)21-13(24)9-22-14(25)15(26)23(16(22)27)12-6-1-2-7-12/h3-5,8,12H,1-2,6-7,9H2,(H,21,24). The maximum absolute atomic E-state index is 12.7. The van der Waals surface area contributed by atoms with E-state index in [1.807, 2.05) is 0 Å². The Morgan fingerprint density at radius 3 is 2.41 bits per heavy atom. The van der Waals surface area contributed by atoms with Crippen molar-refractivity contribution in [3.05, 3.63) is 29.8 Å². The second-order valence-electron chi connectivity index (χ2n) is 6.41. The maximum Gasteiger partial charge on any atom is 0.416 e. The number of rotatable bonds is 4. The third-order valence-electron chi connectivity index (χ3n) is 4.55. The van der Waals surface area contributed by atoms with Gasteiger partial charge in [0.25, 0.3) is 0 Å². The molecule has 1 aliphatic carbocycles. The molecule has 10 heteroatoms. The molecule has 1 saturated carbocycles. The second-order valence-corrected chi connectivity index (χ2v) is 6.41. The number of benzene rings is 1. The van der Waals surface area contributed by atoms with Gasteiger partial charge in [-0.15, -0.1) is 0 Å². The van der Waals surface area contributed by atoms with E-state index in [0.29, 0.717) is 17.7 Å². The molecule has 7 nitrogen and oxygen atoms in total. The molecule has 1 heterocycles. The minimum Gasteiger partial charge on any atom is -0.325 e. The molecule has 0 unspecified atom stereocenters. The van der Waals surface area contributed by atoms with E-state index in [4.69, 9.17) is 0 Å². The molecule has 0 bridgehead atoms. The van der Waals surface area contributed by atoms with Gasteiger partial charge in [0.15, 0.2) is 0 Å². The Labute approximate surface area is 152 Å². The highest BCUT2D eigenvalue weighted by Crippen LogP contribution is 2.31. The van der Waals surface area contributed by atoms with Crippen molar-refractivity contribution in [2.45, 2.75) is 37.9 Å². The molecule has 2 aliphatic rings. The molecule has 0 aromatic heterocycles. The number of nitrogens with one attached hydrogen (secondary N) is 1. The van der Waals surface area contributed by atoms with Crippen LogP contribution in [0.2, 0.25) is 0 Å². The number of carbonyl (C=O) groups excluding carboxylic acids is 4.